The van der Waals surface area contributed by atoms with Crippen molar-refractivity contribution in [3.8, 4) is 11.6 Å². The van der Waals surface area contributed by atoms with Gasteiger partial charge in [0.05, 0.1) is 6.61 Å². The Morgan fingerprint density at radius 3 is 2.33 bits per heavy atom. The number of aryl methyl sites for hydroxylation is 2. The van der Waals surface area contributed by atoms with Gasteiger partial charge in [-0.2, -0.15) is 13.2 Å². The first-order chi connectivity index (χ1) is 20.4. The van der Waals surface area contributed by atoms with Gasteiger partial charge in [0.25, 0.3) is 5.88 Å². The Balaban J connectivity index is 1.96. The van der Waals surface area contributed by atoms with Crippen molar-refractivity contribution in [2.45, 2.75) is 129 Å². The van der Waals surface area contributed by atoms with Crippen molar-refractivity contribution < 1.29 is 32.5 Å². The highest BCUT2D eigenvalue weighted by Crippen LogP contribution is 2.25. The maximum absolute atomic E-state index is 12.9. The topological polar surface area (TPSA) is 113 Å². The van der Waals surface area contributed by atoms with Crippen LogP contribution in [0.3, 0.4) is 0 Å². The number of carbonyl (C=O) groups is 1. The molecule has 43 heavy (non-hydrogen) atoms. The number of aromatic nitrogens is 3. The summed E-state index contributed by atoms with van der Waals surface area (Å²) in [6, 6.07) is 7.34. The van der Waals surface area contributed by atoms with Crippen LogP contribution in [0.15, 0.2) is 33.9 Å². The zero-order chi connectivity index (χ0) is 31.9. The molecule has 0 bridgehead atoms. The third-order valence-electron chi connectivity index (χ3n) is 7.18. The molecular weight excluding hydrogens is 567 g/mol. The smallest absolute Gasteiger partial charge is 0.389 e. The van der Waals surface area contributed by atoms with Crippen LogP contribution in [-0.4, -0.2) is 43.8 Å². The van der Waals surface area contributed by atoms with Gasteiger partial charge in [-0.25, -0.2) is 14.3 Å². The SMILES string of the molecule is CCCCCCCn1c(=O)c(OCCCCCc2cccc(OC(C)(CCC)C(=O)O)c2)nn(CCCC(F)(F)F)c1=O. The van der Waals surface area contributed by atoms with Crippen LogP contribution in [0.2, 0.25) is 0 Å². The minimum absolute atomic E-state index is 0.159. The molecule has 0 saturated heterocycles. The average molecular weight is 614 g/mol. The van der Waals surface area contributed by atoms with E-state index in [2.05, 4.69) is 12.0 Å². The highest BCUT2D eigenvalue weighted by Gasteiger charge is 2.34. The van der Waals surface area contributed by atoms with Gasteiger partial charge in [0.1, 0.15) is 5.75 Å². The van der Waals surface area contributed by atoms with E-state index in [0.29, 0.717) is 31.4 Å². The molecule has 1 unspecified atom stereocenters. The summed E-state index contributed by atoms with van der Waals surface area (Å²) in [6.45, 7) is 5.61. The van der Waals surface area contributed by atoms with E-state index in [9.17, 15) is 32.7 Å². The van der Waals surface area contributed by atoms with Crippen LogP contribution in [-0.2, 0) is 24.3 Å². The highest BCUT2D eigenvalue weighted by molar-refractivity contribution is 5.77. The van der Waals surface area contributed by atoms with Crippen molar-refractivity contribution in [1.29, 1.82) is 0 Å². The van der Waals surface area contributed by atoms with E-state index in [1.807, 2.05) is 25.1 Å². The second kappa shape index (κ2) is 17.7. The predicted octanol–water partition coefficient (Wildman–Crippen LogP) is 6.53. The second-order valence-electron chi connectivity index (χ2n) is 11.1. The van der Waals surface area contributed by atoms with E-state index >= 15 is 0 Å². The van der Waals surface area contributed by atoms with Crippen LogP contribution >= 0.6 is 0 Å². The van der Waals surface area contributed by atoms with Gasteiger partial charge in [0.2, 0.25) is 5.60 Å². The fourth-order valence-corrected chi connectivity index (χ4v) is 4.75. The molecule has 1 aromatic carbocycles. The predicted molar refractivity (Wildman–Crippen MR) is 158 cm³/mol. The maximum atomic E-state index is 12.9. The number of rotatable bonds is 21. The number of halogens is 3. The minimum Gasteiger partial charge on any atom is -0.478 e. The van der Waals surface area contributed by atoms with Crippen molar-refractivity contribution >= 4 is 5.97 Å². The molecule has 0 radical (unpaired) electrons. The molecule has 1 N–H and O–H groups in total. The molecular formula is C31H46F3N3O6. The third-order valence-corrected chi connectivity index (χ3v) is 7.18. The molecule has 0 aliphatic rings. The van der Waals surface area contributed by atoms with E-state index in [0.717, 1.165) is 59.8 Å². The van der Waals surface area contributed by atoms with Crippen molar-refractivity contribution in [2.75, 3.05) is 6.61 Å². The summed E-state index contributed by atoms with van der Waals surface area (Å²) in [5.41, 5.74) is -1.69. The van der Waals surface area contributed by atoms with Crippen molar-refractivity contribution in [3.05, 3.63) is 50.7 Å². The molecule has 1 aromatic heterocycles. The molecule has 9 nitrogen and oxygen atoms in total. The van der Waals surface area contributed by atoms with Gasteiger partial charge in [-0.1, -0.05) is 58.1 Å². The van der Waals surface area contributed by atoms with Gasteiger partial charge in [0.15, 0.2) is 0 Å². The number of nitrogens with zero attached hydrogens (tertiary/aromatic N) is 3. The summed E-state index contributed by atoms with van der Waals surface area (Å²) >= 11 is 0. The van der Waals surface area contributed by atoms with E-state index < -0.39 is 35.4 Å². The second-order valence-corrected chi connectivity index (χ2v) is 11.1. The van der Waals surface area contributed by atoms with Gasteiger partial charge < -0.3 is 14.6 Å². The first-order valence-electron chi connectivity index (χ1n) is 15.3. The third kappa shape index (κ3) is 12.4. The molecule has 0 saturated carbocycles. The summed E-state index contributed by atoms with van der Waals surface area (Å²) in [5.74, 6) is -0.791. The Bertz CT molecular complexity index is 1260. The number of unbranched alkanes of at least 4 members (excludes halogenated alkanes) is 6. The molecule has 0 spiro atoms. The molecule has 0 fully saturated rings. The molecule has 1 heterocycles. The number of benzene rings is 1. The van der Waals surface area contributed by atoms with Gasteiger partial charge in [-0.3, -0.25) is 9.36 Å². The fourth-order valence-electron chi connectivity index (χ4n) is 4.75. The molecule has 1 atom stereocenters. The zero-order valence-corrected chi connectivity index (χ0v) is 25.6. The summed E-state index contributed by atoms with van der Waals surface area (Å²) in [7, 11) is 0. The summed E-state index contributed by atoms with van der Waals surface area (Å²) < 4.78 is 51.3. The quantitative estimate of drug-likeness (QED) is 0.159. The van der Waals surface area contributed by atoms with E-state index in [-0.39, 0.29) is 32.0 Å². The molecule has 0 aliphatic heterocycles. The number of alkyl halides is 3. The van der Waals surface area contributed by atoms with Gasteiger partial charge >= 0.3 is 23.4 Å². The highest BCUT2D eigenvalue weighted by atomic mass is 19.4. The summed E-state index contributed by atoms with van der Waals surface area (Å²) in [5, 5.41) is 13.5. The van der Waals surface area contributed by atoms with Gasteiger partial charge in [-0.15, -0.1) is 5.10 Å². The fraction of sp³-hybridized carbons (Fsp3) is 0.677. The standard InChI is InChI=1S/C31H46F3N3O6/c1-4-6-7-8-11-20-36-27(38)26(35-37(29(36)41)21-14-19-31(32,33)34)42-22-12-9-10-15-24-16-13-17-25(23-24)43-30(3,18-5-2)28(39)40/h13,16-17,23H,4-12,14-15,18-22H2,1-3H3,(H,39,40). The Hall–Kier alpha value is -3.31. The largest absolute Gasteiger partial charge is 0.478 e. The van der Waals surface area contributed by atoms with Crippen LogP contribution in [0.5, 0.6) is 11.6 Å². The Morgan fingerprint density at radius 2 is 1.65 bits per heavy atom. The van der Waals surface area contributed by atoms with Crippen molar-refractivity contribution in [2.24, 2.45) is 0 Å². The lowest BCUT2D eigenvalue weighted by molar-refractivity contribution is -0.154. The van der Waals surface area contributed by atoms with Gasteiger partial charge in [0, 0.05) is 19.5 Å². The molecule has 242 valence electrons. The van der Waals surface area contributed by atoms with Crippen LogP contribution in [0.1, 0.15) is 103 Å². The Kier molecular flexibility index (Phi) is 14.8. The van der Waals surface area contributed by atoms with Crippen LogP contribution in [0.25, 0.3) is 0 Å². The first-order valence-corrected chi connectivity index (χ1v) is 15.3. The average Bonchev–Trinajstić information content (AvgIpc) is 2.93. The maximum Gasteiger partial charge on any atom is 0.389 e. The Labute approximate surface area is 251 Å². The van der Waals surface area contributed by atoms with Crippen molar-refractivity contribution in [3.63, 3.8) is 0 Å². The molecule has 12 heteroatoms. The number of hydrogen-bond acceptors (Lipinski definition) is 6. The number of ether oxygens (including phenoxy) is 2. The van der Waals surface area contributed by atoms with E-state index in [4.69, 9.17) is 9.47 Å². The minimum atomic E-state index is -4.35. The Morgan fingerprint density at radius 1 is 0.930 bits per heavy atom. The number of aliphatic carboxylic acids is 1. The number of carboxylic acids is 1. The summed E-state index contributed by atoms with van der Waals surface area (Å²) in [4.78, 5) is 37.5. The molecule has 2 rings (SSSR count). The first kappa shape index (κ1) is 35.9. The van der Waals surface area contributed by atoms with Crippen LogP contribution < -0.4 is 20.7 Å². The zero-order valence-electron chi connectivity index (χ0n) is 25.6. The number of carboxylic acid groups (broad SMARTS) is 1. The monoisotopic (exact) mass is 613 g/mol. The number of hydrogen-bond donors (Lipinski definition) is 1. The lowest BCUT2D eigenvalue weighted by Gasteiger charge is -2.26. The molecule has 0 amide bonds. The van der Waals surface area contributed by atoms with Crippen molar-refractivity contribution in [1.82, 2.24) is 14.3 Å². The summed E-state index contributed by atoms with van der Waals surface area (Å²) in [6.07, 6.45) is 2.69. The lowest BCUT2D eigenvalue weighted by Crippen LogP contribution is -2.42. The molecule has 0 aliphatic carbocycles. The van der Waals surface area contributed by atoms with Crippen LogP contribution in [0, 0.1) is 0 Å². The van der Waals surface area contributed by atoms with E-state index in [1.54, 1.807) is 13.0 Å². The lowest BCUT2D eigenvalue weighted by atomic mass is 10.0. The molecule has 2 aromatic rings. The van der Waals surface area contributed by atoms with Gasteiger partial charge in [-0.05, 0) is 69.6 Å². The van der Waals surface area contributed by atoms with Crippen LogP contribution in [0.4, 0.5) is 13.2 Å². The van der Waals surface area contributed by atoms with E-state index in [1.165, 1.54) is 0 Å². The normalized spacial score (nSPS) is 13.1.